The molecule has 0 aliphatic rings. The lowest BCUT2D eigenvalue weighted by molar-refractivity contribution is 0.290. The molecule has 0 fully saturated rings. The van der Waals surface area contributed by atoms with Crippen molar-refractivity contribution >= 4 is 0 Å². The maximum absolute atomic E-state index is 6.18. The smallest absolute Gasteiger partial charge is 0.119 e. The minimum absolute atomic E-state index is 0.107. The maximum Gasteiger partial charge on any atom is 0.119 e. The first-order valence-electron chi connectivity index (χ1n) is 7.01. The lowest BCUT2D eigenvalue weighted by Crippen LogP contribution is -2.19. The summed E-state index contributed by atoms with van der Waals surface area (Å²) >= 11 is 0. The normalized spacial score (nSPS) is 13.0. The van der Waals surface area contributed by atoms with Crippen molar-refractivity contribution in [3.63, 3.8) is 0 Å². The fourth-order valence-electron chi connectivity index (χ4n) is 2.03. The van der Waals surface area contributed by atoms with Crippen molar-refractivity contribution in [1.82, 2.24) is 0 Å². The Hall–Kier alpha value is -1.80. The molecule has 0 aromatic heterocycles. The van der Waals surface area contributed by atoms with Crippen LogP contribution in [0.2, 0.25) is 0 Å². The third-order valence-corrected chi connectivity index (χ3v) is 3.38. The van der Waals surface area contributed by atoms with Crippen molar-refractivity contribution in [3.05, 3.63) is 65.7 Å². The molecule has 0 radical (unpaired) electrons. The van der Waals surface area contributed by atoms with Crippen LogP contribution in [0.1, 0.15) is 37.9 Å². The van der Waals surface area contributed by atoms with Crippen LogP contribution >= 0.6 is 0 Å². The molecule has 0 heterocycles. The van der Waals surface area contributed by atoms with E-state index in [2.05, 4.69) is 45.0 Å². The van der Waals surface area contributed by atoms with Crippen LogP contribution in [0.5, 0.6) is 5.75 Å². The van der Waals surface area contributed by atoms with Gasteiger partial charge in [0.2, 0.25) is 0 Å². The van der Waals surface area contributed by atoms with Crippen molar-refractivity contribution in [3.8, 4) is 5.75 Å². The van der Waals surface area contributed by atoms with Crippen molar-refractivity contribution in [1.29, 1.82) is 0 Å². The molecule has 2 rings (SSSR count). The van der Waals surface area contributed by atoms with Crippen molar-refractivity contribution in [2.24, 2.45) is 5.73 Å². The quantitative estimate of drug-likeness (QED) is 0.908. The Morgan fingerprint density at radius 1 is 0.950 bits per heavy atom. The zero-order valence-electron chi connectivity index (χ0n) is 12.5. The monoisotopic (exact) mass is 269 g/mol. The lowest BCUT2D eigenvalue weighted by atomic mass is 9.86. The van der Waals surface area contributed by atoms with Crippen LogP contribution in [0.3, 0.4) is 0 Å². The van der Waals surface area contributed by atoms with E-state index in [-0.39, 0.29) is 11.5 Å². The number of benzene rings is 2. The van der Waals surface area contributed by atoms with E-state index >= 15 is 0 Å². The summed E-state index contributed by atoms with van der Waals surface area (Å²) in [6, 6.07) is 18.2. The molecule has 2 nitrogen and oxygen atoms in total. The van der Waals surface area contributed by atoms with Gasteiger partial charge in [-0.1, -0.05) is 63.2 Å². The van der Waals surface area contributed by atoms with Gasteiger partial charge < -0.3 is 10.5 Å². The Labute approximate surface area is 121 Å². The molecular weight excluding hydrogens is 246 g/mol. The second-order valence-electron chi connectivity index (χ2n) is 6.10. The molecule has 2 N–H and O–H groups in total. The predicted octanol–water partition coefficient (Wildman–Crippen LogP) is 4.06. The largest absolute Gasteiger partial charge is 0.492 e. The molecule has 0 aliphatic carbocycles. The third-order valence-electron chi connectivity index (χ3n) is 3.38. The number of hydrogen-bond donors (Lipinski definition) is 1. The average molecular weight is 269 g/mol. The number of hydrogen-bond acceptors (Lipinski definition) is 2. The molecule has 1 unspecified atom stereocenters. The van der Waals surface area contributed by atoms with Gasteiger partial charge in [0.1, 0.15) is 12.4 Å². The van der Waals surface area contributed by atoms with Crippen LogP contribution in [0, 0.1) is 0 Å². The summed E-state index contributed by atoms with van der Waals surface area (Å²) in [5.74, 6) is 0.856. The van der Waals surface area contributed by atoms with Gasteiger partial charge in [0.15, 0.2) is 0 Å². The molecule has 0 amide bonds. The molecule has 0 spiro atoms. The van der Waals surface area contributed by atoms with Crippen LogP contribution in [-0.4, -0.2) is 6.61 Å². The number of ether oxygens (including phenoxy) is 1. The number of para-hydroxylation sites is 1. The van der Waals surface area contributed by atoms with E-state index in [0.717, 1.165) is 11.3 Å². The summed E-state index contributed by atoms with van der Waals surface area (Å²) in [4.78, 5) is 0. The lowest BCUT2D eigenvalue weighted by Gasteiger charge is -2.20. The first-order valence-corrected chi connectivity index (χ1v) is 7.01. The van der Waals surface area contributed by atoms with Crippen LogP contribution in [0.4, 0.5) is 0 Å². The fraction of sp³-hybridized carbons (Fsp3) is 0.333. The standard InChI is InChI=1S/C18H23NO/c1-18(2,3)15-11-9-14(10-12-15)17(19)13-20-16-7-5-4-6-8-16/h4-12,17H,13,19H2,1-3H3. The van der Waals surface area contributed by atoms with Crippen LogP contribution in [-0.2, 0) is 5.41 Å². The fourth-order valence-corrected chi connectivity index (χ4v) is 2.03. The average Bonchev–Trinajstić information content (AvgIpc) is 2.45. The first kappa shape index (κ1) is 14.6. The van der Waals surface area contributed by atoms with E-state index in [0.29, 0.717) is 6.61 Å². The second-order valence-corrected chi connectivity index (χ2v) is 6.10. The topological polar surface area (TPSA) is 35.2 Å². The highest BCUT2D eigenvalue weighted by molar-refractivity contribution is 5.29. The molecule has 20 heavy (non-hydrogen) atoms. The van der Waals surface area contributed by atoms with E-state index in [9.17, 15) is 0 Å². The van der Waals surface area contributed by atoms with Crippen molar-refractivity contribution in [2.75, 3.05) is 6.61 Å². The van der Waals surface area contributed by atoms with E-state index in [1.807, 2.05) is 30.3 Å². The van der Waals surface area contributed by atoms with Gasteiger partial charge in [-0.25, -0.2) is 0 Å². The zero-order chi connectivity index (χ0) is 14.6. The maximum atomic E-state index is 6.18. The summed E-state index contributed by atoms with van der Waals surface area (Å²) in [5.41, 5.74) is 8.77. The van der Waals surface area contributed by atoms with E-state index < -0.39 is 0 Å². The number of rotatable bonds is 4. The van der Waals surface area contributed by atoms with Gasteiger partial charge in [0.05, 0.1) is 6.04 Å². The number of nitrogens with two attached hydrogens (primary N) is 1. The van der Waals surface area contributed by atoms with E-state index in [1.165, 1.54) is 5.56 Å². The Kier molecular flexibility index (Phi) is 4.46. The van der Waals surface area contributed by atoms with E-state index in [1.54, 1.807) is 0 Å². The zero-order valence-corrected chi connectivity index (χ0v) is 12.5. The SMILES string of the molecule is CC(C)(C)c1ccc(C(N)COc2ccccc2)cc1. The van der Waals surface area contributed by atoms with Gasteiger partial charge in [0.25, 0.3) is 0 Å². The van der Waals surface area contributed by atoms with E-state index in [4.69, 9.17) is 10.5 Å². The van der Waals surface area contributed by atoms with Crippen LogP contribution in [0.25, 0.3) is 0 Å². The first-order chi connectivity index (χ1) is 9.47. The Morgan fingerprint density at radius 3 is 2.10 bits per heavy atom. The highest BCUT2D eigenvalue weighted by Crippen LogP contribution is 2.23. The van der Waals surface area contributed by atoms with Crippen LogP contribution < -0.4 is 10.5 Å². The molecular formula is C18H23NO. The van der Waals surface area contributed by atoms with Gasteiger partial charge in [-0.2, -0.15) is 0 Å². The summed E-state index contributed by atoms with van der Waals surface area (Å²) in [6.45, 7) is 7.11. The van der Waals surface area contributed by atoms with Gasteiger partial charge in [-0.3, -0.25) is 0 Å². The molecule has 0 aliphatic heterocycles. The Bertz CT molecular complexity index is 526. The minimum atomic E-state index is -0.107. The van der Waals surface area contributed by atoms with Crippen LogP contribution in [0.15, 0.2) is 54.6 Å². The summed E-state index contributed by atoms with van der Waals surface area (Å²) in [5, 5.41) is 0. The molecule has 2 aromatic carbocycles. The van der Waals surface area contributed by atoms with Gasteiger partial charge in [0, 0.05) is 0 Å². The molecule has 2 aromatic rings. The molecule has 1 atom stereocenters. The van der Waals surface area contributed by atoms with Gasteiger partial charge in [-0.15, -0.1) is 0 Å². The molecule has 0 saturated heterocycles. The third kappa shape index (κ3) is 3.84. The van der Waals surface area contributed by atoms with Crippen molar-refractivity contribution < 1.29 is 4.74 Å². The minimum Gasteiger partial charge on any atom is -0.492 e. The molecule has 0 bridgehead atoms. The summed E-state index contributed by atoms with van der Waals surface area (Å²) in [7, 11) is 0. The summed E-state index contributed by atoms with van der Waals surface area (Å²) in [6.07, 6.45) is 0. The highest BCUT2D eigenvalue weighted by Gasteiger charge is 2.14. The molecule has 2 heteroatoms. The predicted molar refractivity (Wildman–Crippen MR) is 84.0 cm³/mol. The van der Waals surface area contributed by atoms with Crippen molar-refractivity contribution in [2.45, 2.75) is 32.2 Å². The van der Waals surface area contributed by atoms with Gasteiger partial charge in [-0.05, 0) is 28.7 Å². The summed E-state index contributed by atoms with van der Waals surface area (Å²) < 4.78 is 5.69. The Balaban J connectivity index is 1.97. The van der Waals surface area contributed by atoms with Gasteiger partial charge >= 0.3 is 0 Å². The molecule has 106 valence electrons. The second kappa shape index (κ2) is 6.10. The highest BCUT2D eigenvalue weighted by atomic mass is 16.5. The Morgan fingerprint density at radius 2 is 1.55 bits per heavy atom. The molecule has 0 saturated carbocycles.